The Hall–Kier alpha value is -2.27. The van der Waals surface area contributed by atoms with Crippen molar-refractivity contribution in [2.24, 2.45) is 5.73 Å². The van der Waals surface area contributed by atoms with E-state index in [1.165, 1.54) is 0 Å². The molecule has 1 aromatic heterocycles. The molecule has 22 heavy (non-hydrogen) atoms. The predicted molar refractivity (Wildman–Crippen MR) is 85.7 cm³/mol. The third-order valence-corrected chi connectivity index (χ3v) is 2.64. The maximum Gasteiger partial charge on any atom is 0.219 e. The molecule has 1 atom stereocenters. The number of benzene rings is 1. The highest BCUT2D eigenvalue weighted by atomic mass is 16.5. The Morgan fingerprint density at radius 2 is 1.59 bits per heavy atom. The maximum atomic E-state index is 5.67. The van der Waals surface area contributed by atoms with Gasteiger partial charge in [-0.2, -0.15) is 0 Å². The van der Waals surface area contributed by atoms with Crippen LogP contribution in [0.15, 0.2) is 42.6 Å². The summed E-state index contributed by atoms with van der Waals surface area (Å²) < 4.78 is 16.7. The molecule has 0 saturated heterocycles. The molecule has 1 heterocycles. The van der Waals surface area contributed by atoms with Gasteiger partial charge in [0, 0.05) is 12.1 Å². The van der Waals surface area contributed by atoms with Gasteiger partial charge in [0.15, 0.2) is 0 Å². The van der Waals surface area contributed by atoms with Crippen LogP contribution >= 0.6 is 0 Å². The smallest absolute Gasteiger partial charge is 0.219 e. The van der Waals surface area contributed by atoms with E-state index in [9.17, 15) is 0 Å². The first-order valence-corrected chi connectivity index (χ1v) is 7.32. The number of aromatic nitrogens is 1. The maximum absolute atomic E-state index is 5.67. The molecule has 5 heteroatoms. The zero-order valence-electron chi connectivity index (χ0n) is 13.2. The molecule has 0 saturated carbocycles. The molecular weight excluding hydrogens is 280 g/mol. The van der Waals surface area contributed by atoms with Gasteiger partial charge in [-0.15, -0.1) is 0 Å². The molecule has 118 valence electrons. The summed E-state index contributed by atoms with van der Waals surface area (Å²) in [6, 6.07) is 11.0. The Morgan fingerprint density at radius 3 is 2.14 bits per heavy atom. The molecule has 0 spiro atoms. The van der Waals surface area contributed by atoms with Crippen molar-refractivity contribution in [3.05, 3.63) is 42.6 Å². The summed E-state index contributed by atoms with van der Waals surface area (Å²) in [5, 5.41) is 0. The zero-order chi connectivity index (χ0) is 15.9. The molecule has 2 aromatic rings. The van der Waals surface area contributed by atoms with Gasteiger partial charge < -0.3 is 19.9 Å². The lowest BCUT2D eigenvalue weighted by molar-refractivity contribution is 0.241. The molecule has 0 aliphatic rings. The Morgan fingerprint density at radius 1 is 0.955 bits per heavy atom. The first kappa shape index (κ1) is 16.1. The van der Waals surface area contributed by atoms with Gasteiger partial charge in [-0.3, -0.25) is 0 Å². The first-order chi connectivity index (χ1) is 10.5. The van der Waals surface area contributed by atoms with Crippen molar-refractivity contribution < 1.29 is 14.2 Å². The van der Waals surface area contributed by atoms with Crippen LogP contribution in [0.2, 0.25) is 0 Å². The van der Waals surface area contributed by atoms with Crippen molar-refractivity contribution in [3.63, 3.8) is 0 Å². The molecule has 0 aliphatic heterocycles. The van der Waals surface area contributed by atoms with E-state index in [-0.39, 0.29) is 12.1 Å². The van der Waals surface area contributed by atoms with Crippen molar-refractivity contribution >= 4 is 0 Å². The molecule has 2 rings (SSSR count). The average Bonchev–Trinajstić information content (AvgIpc) is 2.48. The number of nitrogens with zero attached hydrogens (tertiary/aromatic N) is 1. The van der Waals surface area contributed by atoms with Crippen LogP contribution in [0.3, 0.4) is 0 Å². The van der Waals surface area contributed by atoms with Crippen LogP contribution in [0.25, 0.3) is 0 Å². The van der Waals surface area contributed by atoms with Crippen LogP contribution in [-0.2, 0) is 0 Å². The number of nitrogens with two attached hydrogens (primary N) is 1. The fourth-order valence-corrected chi connectivity index (χ4v) is 1.72. The van der Waals surface area contributed by atoms with Crippen LogP contribution in [0, 0.1) is 0 Å². The summed E-state index contributed by atoms with van der Waals surface area (Å²) in [4.78, 5) is 4.21. The fraction of sp³-hybridized carbons (Fsp3) is 0.353. The van der Waals surface area contributed by atoms with Crippen LogP contribution in [0.5, 0.6) is 23.1 Å². The van der Waals surface area contributed by atoms with Gasteiger partial charge in [-0.25, -0.2) is 4.98 Å². The fourth-order valence-electron chi connectivity index (χ4n) is 1.72. The van der Waals surface area contributed by atoms with E-state index in [1.807, 2.05) is 51.1 Å². The molecule has 1 unspecified atom stereocenters. The monoisotopic (exact) mass is 302 g/mol. The van der Waals surface area contributed by atoms with Gasteiger partial charge in [0.2, 0.25) is 5.88 Å². The standard InChI is InChI=1S/C17H22N2O3/c1-12(2)21-16-8-9-17(19-10-16)22-15-6-4-14(5-7-15)20-11-13(3)18/h4-10,12-13H,11,18H2,1-3H3. The highest BCUT2D eigenvalue weighted by Crippen LogP contribution is 2.24. The summed E-state index contributed by atoms with van der Waals surface area (Å²) in [5.41, 5.74) is 5.65. The normalized spacial score (nSPS) is 12.0. The molecule has 0 fully saturated rings. The van der Waals surface area contributed by atoms with Crippen molar-refractivity contribution in [1.29, 1.82) is 0 Å². The molecule has 0 bridgehead atoms. The van der Waals surface area contributed by atoms with Crippen molar-refractivity contribution in [2.45, 2.75) is 32.9 Å². The number of ether oxygens (including phenoxy) is 3. The Labute approximate surface area is 131 Å². The molecule has 2 N–H and O–H groups in total. The third kappa shape index (κ3) is 5.26. The highest BCUT2D eigenvalue weighted by Gasteiger charge is 2.03. The average molecular weight is 302 g/mol. The van der Waals surface area contributed by atoms with Gasteiger partial charge in [0.25, 0.3) is 0 Å². The summed E-state index contributed by atoms with van der Waals surface area (Å²) in [6.07, 6.45) is 1.77. The van der Waals surface area contributed by atoms with Gasteiger partial charge in [-0.1, -0.05) is 0 Å². The van der Waals surface area contributed by atoms with Crippen LogP contribution < -0.4 is 19.9 Å². The SMILES string of the molecule is CC(N)COc1ccc(Oc2ccc(OC(C)C)cn2)cc1. The predicted octanol–water partition coefficient (Wildman–Crippen LogP) is 3.39. The quantitative estimate of drug-likeness (QED) is 0.849. The van der Waals surface area contributed by atoms with Crippen LogP contribution in [-0.4, -0.2) is 23.7 Å². The van der Waals surface area contributed by atoms with Crippen LogP contribution in [0.4, 0.5) is 0 Å². The Balaban J connectivity index is 1.93. The lowest BCUT2D eigenvalue weighted by Gasteiger charge is -2.11. The third-order valence-electron chi connectivity index (χ3n) is 2.64. The van der Waals surface area contributed by atoms with Gasteiger partial charge in [0.05, 0.1) is 12.3 Å². The number of rotatable bonds is 7. The van der Waals surface area contributed by atoms with Crippen LogP contribution in [0.1, 0.15) is 20.8 Å². The molecule has 5 nitrogen and oxygen atoms in total. The number of hydrogen-bond donors (Lipinski definition) is 1. The zero-order valence-corrected chi connectivity index (χ0v) is 13.2. The second-order valence-electron chi connectivity index (χ2n) is 5.36. The van der Waals surface area contributed by atoms with E-state index in [4.69, 9.17) is 19.9 Å². The minimum absolute atomic E-state index is 0.00620. The lowest BCUT2D eigenvalue weighted by atomic mass is 10.3. The summed E-state index contributed by atoms with van der Waals surface area (Å²) in [6.45, 7) is 6.33. The summed E-state index contributed by atoms with van der Waals surface area (Å²) >= 11 is 0. The van der Waals surface area contributed by atoms with Gasteiger partial charge in [0.1, 0.15) is 23.9 Å². The summed E-state index contributed by atoms with van der Waals surface area (Å²) in [5.74, 6) is 2.69. The van der Waals surface area contributed by atoms with Gasteiger partial charge in [-0.05, 0) is 51.1 Å². The topological polar surface area (TPSA) is 66.6 Å². The van der Waals surface area contributed by atoms with Crippen molar-refractivity contribution in [3.8, 4) is 23.1 Å². The minimum Gasteiger partial charge on any atom is -0.492 e. The Kier molecular flexibility index (Phi) is 5.61. The second-order valence-corrected chi connectivity index (χ2v) is 5.36. The molecule has 0 aliphatic carbocycles. The molecule has 0 amide bonds. The van der Waals surface area contributed by atoms with E-state index >= 15 is 0 Å². The van der Waals surface area contributed by atoms with Crippen molar-refractivity contribution in [2.75, 3.05) is 6.61 Å². The number of hydrogen-bond acceptors (Lipinski definition) is 5. The van der Waals surface area contributed by atoms with E-state index in [0.29, 0.717) is 18.2 Å². The van der Waals surface area contributed by atoms with E-state index in [0.717, 1.165) is 11.5 Å². The minimum atomic E-state index is 0.00620. The van der Waals surface area contributed by atoms with Crippen molar-refractivity contribution in [1.82, 2.24) is 4.98 Å². The first-order valence-electron chi connectivity index (χ1n) is 7.32. The molecular formula is C17H22N2O3. The molecule has 0 radical (unpaired) electrons. The van der Waals surface area contributed by atoms with E-state index in [2.05, 4.69) is 4.98 Å². The lowest BCUT2D eigenvalue weighted by Crippen LogP contribution is -2.23. The Bertz CT molecular complexity index is 565. The van der Waals surface area contributed by atoms with Gasteiger partial charge >= 0.3 is 0 Å². The second kappa shape index (κ2) is 7.66. The summed E-state index contributed by atoms with van der Waals surface area (Å²) in [7, 11) is 0. The largest absolute Gasteiger partial charge is 0.492 e. The van der Waals surface area contributed by atoms with E-state index in [1.54, 1.807) is 12.3 Å². The number of pyridine rings is 1. The highest BCUT2D eigenvalue weighted by molar-refractivity contribution is 5.34. The molecule has 1 aromatic carbocycles. The van der Waals surface area contributed by atoms with E-state index < -0.39 is 0 Å².